The molecule has 0 atom stereocenters. The van der Waals surface area contributed by atoms with Crippen molar-refractivity contribution in [3.63, 3.8) is 0 Å². The monoisotopic (exact) mass is 771 g/mol. The van der Waals surface area contributed by atoms with Gasteiger partial charge in [0.05, 0.1) is 0 Å². The second kappa shape index (κ2) is 12.2. The summed E-state index contributed by atoms with van der Waals surface area (Å²) in [6.45, 7) is 14.5. The largest absolute Gasteiger partial charge is 0.457 e. The number of anilines is 3. The number of para-hydroxylation sites is 1. The molecule has 59 heavy (non-hydrogen) atoms. The molecule has 4 bridgehead atoms. The first kappa shape index (κ1) is 35.8. The van der Waals surface area contributed by atoms with Gasteiger partial charge in [-0.2, -0.15) is 0 Å². The van der Waals surface area contributed by atoms with Gasteiger partial charge in [0.2, 0.25) is 0 Å². The SMILES string of the molecule is CC1(C)CCC(C)(C)c2c(-c3ccc(N(c4ccc5c(c4)C(C)(C)c4ccccc4-5)c4ccc5c(c4)C4(c6ccccc6O5)C5CC6CC(C5)CC4C6)cc3)cccc21. The highest BCUT2D eigenvalue weighted by molar-refractivity contribution is 5.86. The van der Waals surface area contributed by atoms with Crippen LogP contribution in [-0.4, -0.2) is 0 Å². The molecule has 6 aliphatic carbocycles. The van der Waals surface area contributed by atoms with Crippen molar-refractivity contribution in [2.24, 2.45) is 23.7 Å². The standard InChI is InChI=1S/C57H57NO/c1-54(2)26-27-55(3,4)53-43(13-11-16-48(53)54)37-18-20-40(21-19-37)58(41-22-24-45-44-12-7-8-14-46(44)56(5,6)49(45)33-41)42-23-25-52-50(34-42)57(47-15-9-10-17-51(47)59-52)38-29-35-28-36(31-38)32-39(57)30-35/h7-25,33-36,38-39H,26-32H2,1-6H3. The second-order valence-corrected chi connectivity index (χ2v) is 21.2. The van der Waals surface area contributed by atoms with E-state index in [0.29, 0.717) is 11.8 Å². The van der Waals surface area contributed by atoms with E-state index >= 15 is 0 Å². The Morgan fingerprint density at radius 2 is 1.02 bits per heavy atom. The molecule has 0 aromatic heterocycles. The smallest absolute Gasteiger partial charge is 0.131 e. The van der Waals surface area contributed by atoms with E-state index in [0.717, 1.165) is 23.3 Å². The van der Waals surface area contributed by atoms with Crippen LogP contribution in [-0.2, 0) is 21.7 Å². The lowest BCUT2D eigenvalue weighted by molar-refractivity contribution is -0.0452. The van der Waals surface area contributed by atoms with Gasteiger partial charge >= 0.3 is 0 Å². The van der Waals surface area contributed by atoms with Crippen LogP contribution >= 0.6 is 0 Å². The lowest BCUT2D eigenvalue weighted by Crippen LogP contribution is -2.57. The Morgan fingerprint density at radius 3 is 1.76 bits per heavy atom. The fraction of sp³-hybridized carbons (Fsp3) is 0.368. The predicted molar refractivity (Wildman–Crippen MR) is 244 cm³/mol. The number of nitrogens with zero attached hydrogens (tertiary/aromatic N) is 1. The van der Waals surface area contributed by atoms with Crippen LogP contribution in [0.15, 0.2) is 127 Å². The Bertz CT molecular complexity index is 2660. The van der Waals surface area contributed by atoms with Crippen molar-refractivity contribution >= 4 is 17.1 Å². The molecule has 1 spiro atoms. The normalized spacial score (nSPS) is 26.6. The molecule has 7 aliphatic rings. The lowest BCUT2D eigenvalue weighted by Gasteiger charge is -2.63. The second-order valence-electron chi connectivity index (χ2n) is 21.2. The van der Waals surface area contributed by atoms with Gasteiger partial charge in [-0.15, -0.1) is 0 Å². The van der Waals surface area contributed by atoms with E-state index in [2.05, 4.69) is 174 Å². The van der Waals surface area contributed by atoms with Gasteiger partial charge in [-0.3, -0.25) is 0 Å². The average molecular weight is 772 g/mol. The van der Waals surface area contributed by atoms with E-state index in [9.17, 15) is 0 Å². The maximum atomic E-state index is 6.90. The van der Waals surface area contributed by atoms with Gasteiger partial charge in [0.25, 0.3) is 0 Å². The van der Waals surface area contributed by atoms with Crippen molar-refractivity contribution < 1.29 is 4.74 Å². The molecule has 6 aromatic carbocycles. The van der Waals surface area contributed by atoms with Gasteiger partial charge in [-0.05, 0) is 172 Å². The predicted octanol–water partition coefficient (Wildman–Crippen LogP) is 15.3. The summed E-state index contributed by atoms with van der Waals surface area (Å²) in [4.78, 5) is 2.54. The molecule has 4 fully saturated rings. The Kier molecular flexibility index (Phi) is 7.44. The van der Waals surface area contributed by atoms with Crippen molar-refractivity contribution in [3.8, 4) is 33.8 Å². The Labute approximate surface area is 351 Å². The number of rotatable bonds is 4. The molecule has 1 heterocycles. The van der Waals surface area contributed by atoms with Crippen LogP contribution in [0.3, 0.4) is 0 Å². The molecule has 0 amide bonds. The van der Waals surface area contributed by atoms with Crippen LogP contribution in [0.1, 0.15) is 120 Å². The number of benzene rings is 6. The third kappa shape index (κ3) is 4.98. The highest BCUT2D eigenvalue weighted by Gasteiger charge is 2.61. The van der Waals surface area contributed by atoms with Crippen molar-refractivity contribution in [2.45, 2.75) is 108 Å². The molecule has 0 saturated heterocycles. The zero-order valence-corrected chi connectivity index (χ0v) is 35.7. The molecule has 0 radical (unpaired) electrons. The van der Waals surface area contributed by atoms with Gasteiger partial charge in [0, 0.05) is 39.0 Å². The number of fused-ring (bicyclic) bond motifs is 6. The molecule has 0 unspecified atom stereocenters. The minimum atomic E-state index is -0.0949. The highest BCUT2D eigenvalue weighted by atomic mass is 16.5. The summed E-state index contributed by atoms with van der Waals surface area (Å²) in [6, 6.07) is 49.1. The van der Waals surface area contributed by atoms with Crippen molar-refractivity contribution in [1.29, 1.82) is 0 Å². The first-order valence-electron chi connectivity index (χ1n) is 22.6. The summed E-state index contributed by atoms with van der Waals surface area (Å²) in [5, 5.41) is 0. The van der Waals surface area contributed by atoms with Gasteiger partial charge < -0.3 is 9.64 Å². The maximum absolute atomic E-state index is 6.90. The van der Waals surface area contributed by atoms with Crippen LogP contribution < -0.4 is 9.64 Å². The molecule has 2 heteroatoms. The molecular weight excluding hydrogens is 715 g/mol. The summed E-state index contributed by atoms with van der Waals surface area (Å²) in [7, 11) is 0. The molecular formula is C57H57NO. The van der Waals surface area contributed by atoms with Gasteiger partial charge in [0.1, 0.15) is 11.5 Å². The molecule has 0 N–H and O–H groups in total. The number of hydrogen-bond acceptors (Lipinski definition) is 2. The minimum absolute atomic E-state index is 0.0162. The zero-order valence-electron chi connectivity index (χ0n) is 35.7. The number of ether oxygens (including phenoxy) is 1. The van der Waals surface area contributed by atoms with Gasteiger partial charge in [-0.1, -0.05) is 120 Å². The summed E-state index contributed by atoms with van der Waals surface area (Å²) < 4.78 is 6.90. The van der Waals surface area contributed by atoms with E-state index < -0.39 is 0 Å². The highest BCUT2D eigenvalue weighted by Crippen LogP contribution is 2.69. The Balaban J connectivity index is 1.04. The van der Waals surface area contributed by atoms with Crippen LogP contribution in [0.25, 0.3) is 22.3 Å². The Hall–Kier alpha value is -5.08. The van der Waals surface area contributed by atoms with Gasteiger partial charge in [0.15, 0.2) is 0 Å². The van der Waals surface area contributed by atoms with Crippen molar-refractivity contribution in [2.75, 3.05) is 4.90 Å². The topological polar surface area (TPSA) is 12.5 Å². The first-order valence-corrected chi connectivity index (χ1v) is 22.6. The summed E-state index contributed by atoms with van der Waals surface area (Å²) in [6.07, 6.45) is 9.22. The van der Waals surface area contributed by atoms with Crippen LogP contribution in [0, 0.1) is 23.7 Å². The molecule has 13 rings (SSSR count). The van der Waals surface area contributed by atoms with Crippen molar-refractivity contribution in [3.05, 3.63) is 161 Å². The van der Waals surface area contributed by atoms with E-state index in [1.165, 1.54) is 118 Å². The Morgan fingerprint density at radius 1 is 0.458 bits per heavy atom. The fourth-order valence-corrected chi connectivity index (χ4v) is 14.1. The quantitative estimate of drug-likeness (QED) is 0.177. The lowest BCUT2D eigenvalue weighted by atomic mass is 9.42. The minimum Gasteiger partial charge on any atom is -0.457 e. The molecule has 6 aromatic rings. The summed E-state index contributed by atoms with van der Waals surface area (Å²) in [5.41, 5.74) is 17.9. The third-order valence-corrected chi connectivity index (χ3v) is 16.8. The van der Waals surface area contributed by atoms with Crippen LogP contribution in [0.2, 0.25) is 0 Å². The van der Waals surface area contributed by atoms with Crippen LogP contribution in [0.4, 0.5) is 17.1 Å². The molecule has 296 valence electrons. The zero-order chi connectivity index (χ0) is 40.1. The molecule has 1 aliphatic heterocycles. The summed E-state index contributed by atoms with van der Waals surface area (Å²) >= 11 is 0. The van der Waals surface area contributed by atoms with E-state index in [4.69, 9.17) is 4.74 Å². The maximum Gasteiger partial charge on any atom is 0.131 e. The fourth-order valence-electron chi connectivity index (χ4n) is 14.1. The van der Waals surface area contributed by atoms with E-state index in [1.807, 2.05) is 0 Å². The first-order chi connectivity index (χ1) is 28.4. The molecule has 2 nitrogen and oxygen atoms in total. The van der Waals surface area contributed by atoms with Gasteiger partial charge in [-0.25, -0.2) is 0 Å². The summed E-state index contributed by atoms with van der Waals surface area (Å²) in [5.74, 6) is 5.19. The van der Waals surface area contributed by atoms with Crippen LogP contribution in [0.5, 0.6) is 11.5 Å². The van der Waals surface area contributed by atoms with Crippen molar-refractivity contribution in [1.82, 2.24) is 0 Å². The molecule has 4 saturated carbocycles. The van der Waals surface area contributed by atoms with E-state index in [-0.39, 0.29) is 21.7 Å². The average Bonchev–Trinajstić information content (AvgIpc) is 3.46. The van der Waals surface area contributed by atoms with E-state index in [1.54, 1.807) is 0 Å². The third-order valence-electron chi connectivity index (χ3n) is 16.8. The number of hydrogen-bond donors (Lipinski definition) is 0.